The molecule has 248 valence electrons. The largest absolute Gasteiger partial charge is 0.352 e. The molecule has 4 aromatic rings. The molecule has 4 rings (SSSR count). The second-order valence-electron chi connectivity index (χ2n) is 11.3. The summed E-state index contributed by atoms with van der Waals surface area (Å²) in [6.07, 6.45) is 2.80. The standard InChI is InChI=1S/C36H39Cl2N3O4S2/c1-5-26(3)39-36(43)34(21-27-9-7-6-8-10-27)40(23-28-13-14-29(37)22-33(28)38)35(42)24-41(30-15-11-25(2)12-16-30)47(44,45)32-19-17-31(46-4)18-20-32/h6-20,22,26,34H,5,21,23-24H2,1-4H3,(H,39,43)/t26-,34+/m0/s1. The lowest BCUT2D eigenvalue weighted by Gasteiger charge is -2.34. The van der Waals surface area contributed by atoms with E-state index in [1.54, 1.807) is 54.6 Å². The number of sulfonamides is 1. The van der Waals surface area contributed by atoms with Gasteiger partial charge in [0.25, 0.3) is 10.0 Å². The number of anilines is 1. The van der Waals surface area contributed by atoms with Gasteiger partial charge in [0.05, 0.1) is 10.6 Å². The minimum absolute atomic E-state index is 0.0475. The van der Waals surface area contributed by atoms with Crippen LogP contribution < -0.4 is 9.62 Å². The average Bonchev–Trinajstić information content (AvgIpc) is 3.06. The Bertz CT molecular complexity index is 1770. The summed E-state index contributed by atoms with van der Waals surface area (Å²) in [5, 5.41) is 3.79. The van der Waals surface area contributed by atoms with Gasteiger partial charge < -0.3 is 10.2 Å². The number of hydrogen-bond donors (Lipinski definition) is 1. The summed E-state index contributed by atoms with van der Waals surface area (Å²) < 4.78 is 29.6. The lowest BCUT2D eigenvalue weighted by molar-refractivity contribution is -0.140. The quantitative estimate of drug-likeness (QED) is 0.135. The van der Waals surface area contributed by atoms with Gasteiger partial charge in [-0.25, -0.2) is 8.42 Å². The Balaban J connectivity index is 1.82. The molecule has 0 radical (unpaired) electrons. The predicted octanol–water partition coefficient (Wildman–Crippen LogP) is 7.77. The first-order valence-electron chi connectivity index (χ1n) is 15.2. The molecule has 2 amide bonds. The maximum atomic E-state index is 14.6. The second-order valence-corrected chi connectivity index (χ2v) is 14.9. The summed E-state index contributed by atoms with van der Waals surface area (Å²) in [7, 11) is -4.20. The van der Waals surface area contributed by atoms with E-state index in [0.29, 0.717) is 27.7 Å². The molecule has 0 fully saturated rings. The summed E-state index contributed by atoms with van der Waals surface area (Å²) in [4.78, 5) is 31.0. The Morgan fingerprint density at radius 2 is 1.57 bits per heavy atom. The highest BCUT2D eigenvalue weighted by atomic mass is 35.5. The number of hydrogen-bond acceptors (Lipinski definition) is 5. The van der Waals surface area contributed by atoms with E-state index in [9.17, 15) is 18.0 Å². The van der Waals surface area contributed by atoms with E-state index in [4.69, 9.17) is 23.2 Å². The topological polar surface area (TPSA) is 86.8 Å². The summed E-state index contributed by atoms with van der Waals surface area (Å²) in [6, 6.07) is 26.7. The summed E-state index contributed by atoms with van der Waals surface area (Å²) in [5.74, 6) is -0.917. The molecule has 0 heterocycles. The zero-order valence-corrected chi connectivity index (χ0v) is 30.0. The van der Waals surface area contributed by atoms with E-state index in [1.165, 1.54) is 28.8 Å². The molecule has 0 aromatic heterocycles. The van der Waals surface area contributed by atoms with Gasteiger partial charge in [-0.3, -0.25) is 13.9 Å². The highest BCUT2D eigenvalue weighted by molar-refractivity contribution is 7.98. The number of nitrogens with zero attached hydrogens (tertiary/aromatic N) is 2. The minimum atomic E-state index is -4.20. The molecule has 11 heteroatoms. The molecule has 0 aliphatic rings. The molecule has 1 N–H and O–H groups in total. The zero-order chi connectivity index (χ0) is 34.1. The first-order chi connectivity index (χ1) is 22.4. The fourth-order valence-corrected chi connectivity index (χ4v) is 7.23. The third-order valence-corrected chi connectivity index (χ3v) is 11.0. The van der Waals surface area contributed by atoms with Crippen LogP contribution >= 0.6 is 35.0 Å². The minimum Gasteiger partial charge on any atom is -0.352 e. The Labute approximate surface area is 292 Å². The van der Waals surface area contributed by atoms with Crippen LogP contribution in [-0.4, -0.2) is 50.0 Å². The van der Waals surface area contributed by atoms with Crippen LogP contribution in [0, 0.1) is 6.92 Å². The van der Waals surface area contributed by atoms with Crippen molar-refractivity contribution in [3.05, 3.63) is 124 Å². The van der Waals surface area contributed by atoms with Crippen LogP contribution in [0.5, 0.6) is 0 Å². The average molecular weight is 713 g/mol. The van der Waals surface area contributed by atoms with Crippen molar-refractivity contribution >= 4 is 62.5 Å². The highest BCUT2D eigenvalue weighted by Crippen LogP contribution is 2.28. The predicted molar refractivity (Wildman–Crippen MR) is 193 cm³/mol. The van der Waals surface area contributed by atoms with Crippen molar-refractivity contribution in [1.82, 2.24) is 10.2 Å². The van der Waals surface area contributed by atoms with E-state index in [0.717, 1.165) is 20.3 Å². The third-order valence-electron chi connectivity index (χ3n) is 7.88. The fourth-order valence-electron chi connectivity index (χ4n) is 4.94. The SMILES string of the molecule is CC[C@H](C)NC(=O)[C@@H](Cc1ccccc1)N(Cc1ccc(Cl)cc1Cl)C(=O)CN(c1ccc(C)cc1)S(=O)(=O)c1ccc(SC)cc1. The number of amides is 2. The maximum absolute atomic E-state index is 14.6. The lowest BCUT2D eigenvalue weighted by Crippen LogP contribution is -2.54. The molecule has 0 saturated carbocycles. The van der Waals surface area contributed by atoms with Crippen molar-refractivity contribution in [1.29, 1.82) is 0 Å². The van der Waals surface area contributed by atoms with Crippen molar-refractivity contribution in [3.63, 3.8) is 0 Å². The van der Waals surface area contributed by atoms with Crippen molar-refractivity contribution in [2.75, 3.05) is 17.1 Å². The molecule has 0 saturated heterocycles. The number of aryl methyl sites for hydroxylation is 1. The summed E-state index contributed by atoms with van der Waals surface area (Å²) in [6.45, 7) is 5.15. The Morgan fingerprint density at radius 1 is 0.915 bits per heavy atom. The van der Waals surface area contributed by atoms with Gasteiger partial charge in [0.15, 0.2) is 0 Å². The van der Waals surface area contributed by atoms with E-state index in [-0.39, 0.29) is 29.8 Å². The highest BCUT2D eigenvalue weighted by Gasteiger charge is 2.35. The van der Waals surface area contributed by atoms with Crippen LogP contribution in [0.15, 0.2) is 107 Å². The third kappa shape index (κ3) is 9.54. The van der Waals surface area contributed by atoms with Gasteiger partial charge in [0, 0.05) is 33.9 Å². The van der Waals surface area contributed by atoms with Gasteiger partial charge in [-0.15, -0.1) is 11.8 Å². The molecular weight excluding hydrogens is 673 g/mol. The lowest BCUT2D eigenvalue weighted by atomic mass is 10.0. The number of thioether (sulfide) groups is 1. The van der Waals surface area contributed by atoms with Crippen LogP contribution in [0.3, 0.4) is 0 Å². The Kier molecular flexibility index (Phi) is 12.8. The monoisotopic (exact) mass is 711 g/mol. The van der Waals surface area contributed by atoms with Crippen LogP contribution in [0.25, 0.3) is 0 Å². The summed E-state index contributed by atoms with van der Waals surface area (Å²) >= 11 is 14.3. The van der Waals surface area contributed by atoms with Crippen LogP contribution in [0.4, 0.5) is 5.69 Å². The summed E-state index contributed by atoms with van der Waals surface area (Å²) in [5.41, 5.74) is 2.67. The second kappa shape index (κ2) is 16.6. The number of carbonyl (C=O) groups is 2. The number of rotatable bonds is 14. The van der Waals surface area contributed by atoms with E-state index in [2.05, 4.69) is 5.32 Å². The first-order valence-corrected chi connectivity index (χ1v) is 18.7. The molecular formula is C36H39Cl2N3O4S2. The van der Waals surface area contributed by atoms with Crippen LogP contribution in [-0.2, 0) is 32.6 Å². The van der Waals surface area contributed by atoms with E-state index in [1.807, 2.05) is 57.4 Å². The van der Waals surface area contributed by atoms with Gasteiger partial charge >= 0.3 is 0 Å². The fraction of sp³-hybridized carbons (Fsp3) is 0.278. The number of halogens is 2. The van der Waals surface area contributed by atoms with Crippen molar-refractivity contribution < 1.29 is 18.0 Å². The number of carbonyl (C=O) groups excluding carboxylic acids is 2. The molecule has 7 nitrogen and oxygen atoms in total. The molecule has 0 unspecified atom stereocenters. The van der Waals surface area contributed by atoms with Crippen LogP contribution in [0.1, 0.15) is 37.0 Å². The van der Waals surface area contributed by atoms with E-state index >= 15 is 0 Å². The molecule has 0 bridgehead atoms. The van der Waals surface area contributed by atoms with Gasteiger partial charge in [0.2, 0.25) is 11.8 Å². The molecule has 0 aliphatic heterocycles. The molecule has 4 aromatic carbocycles. The zero-order valence-electron chi connectivity index (χ0n) is 26.8. The van der Waals surface area contributed by atoms with Crippen molar-refractivity contribution in [2.45, 2.75) is 62.0 Å². The van der Waals surface area contributed by atoms with Gasteiger partial charge in [-0.2, -0.15) is 0 Å². The molecule has 47 heavy (non-hydrogen) atoms. The molecule has 0 aliphatic carbocycles. The number of nitrogens with one attached hydrogen (secondary N) is 1. The van der Waals surface area contributed by atoms with Crippen LogP contribution in [0.2, 0.25) is 10.0 Å². The Hall–Kier alpha value is -3.50. The number of benzene rings is 4. The maximum Gasteiger partial charge on any atom is 0.264 e. The Morgan fingerprint density at radius 3 is 2.17 bits per heavy atom. The molecule has 0 spiro atoms. The van der Waals surface area contributed by atoms with Gasteiger partial charge in [0.1, 0.15) is 12.6 Å². The smallest absolute Gasteiger partial charge is 0.264 e. The van der Waals surface area contributed by atoms with E-state index < -0.39 is 28.5 Å². The first kappa shape index (κ1) is 36.3. The van der Waals surface area contributed by atoms with Crippen molar-refractivity contribution in [2.24, 2.45) is 0 Å². The normalized spacial score (nSPS) is 12.6. The van der Waals surface area contributed by atoms with Crippen molar-refractivity contribution in [3.8, 4) is 0 Å². The van der Waals surface area contributed by atoms with Gasteiger partial charge in [-0.1, -0.05) is 84.2 Å². The van der Waals surface area contributed by atoms with Gasteiger partial charge in [-0.05, 0) is 86.2 Å². The molecule has 2 atom stereocenters.